The van der Waals surface area contributed by atoms with Gasteiger partial charge in [-0.15, -0.1) is 0 Å². The van der Waals surface area contributed by atoms with Crippen LogP contribution in [0.1, 0.15) is 18.4 Å². The Balaban J connectivity index is 1.31. The average molecular weight is 300 g/mol. The van der Waals surface area contributed by atoms with E-state index in [2.05, 4.69) is 15.7 Å². The molecule has 0 amide bonds. The molecule has 1 aliphatic heterocycles. The number of nitrogens with one attached hydrogen (secondary N) is 2. The van der Waals surface area contributed by atoms with Crippen LogP contribution in [0.5, 0.6) is 0 Å². The van der Waals surface area contributed by atoms with Gasteiger partial charge in [-0.05, 0) is 30.5 Å². The van der Waals surface area contributed by atoms with E-state index in [-0.39, 0.29) is 11.2 Å². The molecule has 2 heterocycles. The number of hydrogen-bond acceptors (Lipinski definition) is 3. The highest BCUT2D eigenvalue weighted by Gasteiger charge is 2.43. The number of aromatic nitrogens is 2. The fourth-order valence-electron chi connectivity index (χ4n) is 3.36. The summed E-state index contributed by atoms with van der Waals surface area (Å²) >= 11 is 0. The van der Waals surface area contributed by atoms with Gasteiger partial charge in [0.1, 0.15) is 11.6 Å². The molecular weight excluding hydrogens is 279 g/mol. The second-order valence-electron chi connectivity index (χ2n) is 6.56. The number of rotatable bonds is 5. The second-order valence-corrected chi connectivity index (χ2v) is 6.56. The Morgan fingerprint density at radius 2 is 2.09 bits per heavy atom. The molecule has 1 aromatic heterocycles. The molecule has 5 heteroatoms. The van der Waals surface area contributed by atoms with E-state index in [0.717, 1.165) is 32.0 Å². The van der Waals surface area contributed by atoms with E-state index in [1.807, 2.05) is 29.1 Å². The van der Waals surface area contributed by atoms with Crippen LogP contribution < -0.4 is 10.6 Å². The molecule has 1 fully saturated rings. The van der Waals surface area contributed by atoms with E-state index in [1.165, 1.54) is 18.4 Å². The molecule has 1 atom stereocenters. The van der Waals surface area contributed by atoms with Gasteiger partial charge in [-0.2, -0.15) is 5.10 Å². The monoisotopic (exact) mass is 300 g/mol. The van der Waals surface area contributed by atoms with Crippen LogP contribution >= 0.6 is 0 Å². The molecule has 2 N–H and O–H groups in total. The molecule has 22 heavy (non-hydrogen) atoms. The zero-order chi connectivity index (χ0) is 15.0. The maximum atomic E-state index is 13.1. The van der Waals surface area contributed by atoms with Crippen molar-refractivity contribution in [1.82, 2.24) is 15.1 Å². The van der Waals surface area contributed by atoms with E-state index in [9.17, 15) is 4.39 Å². The Morgan fingerprint density at radius 1 is 1.27 bits per heavy atom. The van der Waals surface area contributed by atoms with Crippen LogP contribution in [-0.2, 0) is 12.0 Å². The van der Waals surface area contributed by atoms with Crippen molar-refractivity contribution in [2.75, 3.05) is 25.0 Å². The number of anilines is 1. The van der Waals surface area contributed by atoms with E-state index in [0.29, 0.717) is 5.92 Å². The fraction of sp³-hybridized carbons (Fsp3) is 0.471. The summed E-state index contributed by atoms with van der Waals surface area (Å²) in [7, 11) is 0. The Morgan fingerprint density at radius 3 is 2.86 bits per heavy atom. The van der Waals surface area contributed by atoms with Crippen LogP contribution in [0.3, 0.4) is 0 Å². The summed E-state index contributed by atoms with van der Waals surface area (Å²) in [6.07, 6.45) is 4.22. The third-order valence-corrected chi connectivity index (χ3v) is 4.93. The van der Waals surface area contributed by atoms with Crippen LogP contribution in [0.25, 0.3) is 0 Å². The molecular formula is C17H21FN4. The van der Waals surface area contributed by atoms with Crippen molar-refractivity contribution in [2.24, 2.45) is 5.92 Å². The Labute approximate surface area is 129 Å². The summed E-state index contributed by atoms with van der Waals surface area (Å²) in [5, 5.41) is 11.4. The van der Waals surface area contributed by atoms with Gasteiger partial charge in [0.25, 0.3) is 0 Å². The lowest BCUT2D eigenvalue weighted by Crippen LogP contribution is -2.38. The largest absolute Gasteiger partial charge is 0.370 e. The molecule has 2 aliphatic rings. The van der Waals surface area contributed by atoms with E-state index < -0.39 is 0 Å². The highest BCUT2D eigenvalue weighted by Crippen LogP contribution is 2.47. The molecule has 4 nitrogen and oxygen atoms in total. The molecule has 1 aliphatic carbocycles. The minimum atomic E-state index is -0.157. The first-order chi connectivity index (χ1) is 10.8. The highest BCUT2D eigenvalue weighted by atomic mass is 19.1. The number of hydrogen-bond donors (Lipinski definition) is 2. The average Bonchev–Trinajstić information content (AvgIpc) is 3.17. The molecule has 0 radical (unpaired) electrons. The standard InChI is InChI=1S/C17H21FN4/c18-15-3-1-14(2-4-15)17(6-7-17)12-19-9-13-10-20-16-5-8-21-22(16)11-13/h1-5,8,13,19-20H,6-7,9-12H2/t13-/m0/s1. The van der Waals surface area contributed by atoms with Crippen LogP contribution in [0.4, 0.5) is 10.2 Å². The minimum Gasteiger partial charge on any atom is -0.370 e. The van der Waals surface area contributed by atoms with Crippen molar-refractivity contribution < 1.29 is 4.39 Å². The Bertz CT molecular complexity index is 645. The van der Waals surface area contributed by atoms with Gasteiger partial charge in [0.15, 0.2) is 0 Å². The number of nitrogens with zero attached hydrogens (tertiary/aromatic N) is 2. The number of fused-ring (bicyclic) bond motifs is 1. The molecule has 0 unspecified atom stereocenters. The summed E-state index contributed by atoms with van der Waals surface area (Å²) in [4.78, 5) is 0. The quantitative estimate of drug-likeness (QED) is 0.891. The fourth-order valence-corrected chi connectivity index (χ4v) is 3.36. The maximum absolute atomic E-state index is 13.1. The predicted octanol–water partition coefficient (Wildman–Crippen LogP) is 2.39. The van der Waals surface area contributed by atoms with Crippen molar-refractivity contribution in [3.05, 3.63) is 47.9 Å². The molecule has 2 aromatic rings. The minimum absolute atomic E-state index is 0.157. The topological polar surface area (TPSA) is 41.9 Å². The first kappa shape index (κ1) is 13.8. The van der Waals surface area contributed by atoms with E-state index >= 15 is 0 Å². The Kier molecular flexibility index (Phi) is 3.37. The molecule has 4 rings (SSSR count). The third kappa shape index (κ3) is 2.61. The van der Waals surface area contributed by atoms with Crippen LogP contribution in [0.15, 0.2) is 36.5 Å². The zero-order valence-electron chi connectivity index (χ0n) is 12.6. The molecule has 1 saturated carbocycles. The van der Waals surface area contributed by atoms with Crippen molar-refractivity contribution >= 4 is 5.82 Å². The van der Waals surface area contributed by atoms with Gasteiger partial charge >= 0.3 is 0 Å². The van der Waals surface area contributed by atoms with E-state index in [4.69, 9.17) is 0 Å². The Hall–Kier alpha value is -1.88. The predicted molar refractivity (Wildman–Crippen MR) is 84.4 cm³/mol. The third-order valence-electron chi connectivity index (χ3n) is 4.93. The van der Waals surface area contributed by atoms with Crippen molar-refractivity contribution in [3.63, 3.8) is 0 Å². The molecule has 0 bridgehead atoms. The van der Waals surface area contributed by atoms with Crippen molar-refractivity contribution in [1.29, 1.82) is 0 Å². The highest BCUT2D eigenvalue weighted by molar-refractivity contribution is 5.35. The summed E-state index contributed by atoms with van der Waals surface area (Å²) < 4.78 is 15.1. The van der Waals surface area contributed by atoms with Crippen molar-refractivity contribution in [2.45, 2.75) is 24.8 Å². The molecule has 0 spiro atoms. The van der Waals surface area contributed by atoms with Gasteiger partial charge in [-0.25, -0.2) is 9.07 Å². The van der Waals surface area contributed by atoms with Gasteiger partial charge < -0.3 is 10.6 Å². The maximum Gasteiger partial charge on any atom is 0.124 e. The lowest BCUT2D eigenvalue weighted by Gasteiger charge is -2.26. The van der Waals surface area contributed by atoms with Gasteiger partial charge in [0.05, 0.1) is 6.20 Å². The van der Waals surface area contributed by atoms with E-state index in [1.54, 1.807) is 12.1 Å². The first-order valence-corrected chi connectivity index (χ1v) is 7.98. The smallest absolute Gasteiger partial charge is 0.124 e. The summed E-state index contributed by atoms with van der Waals surface area (Å²) in [6.45, 7) is 3.91. The van der Waals surface area contributed by atoms with Gasteiger partial charge in [0, 0.05) is 43.6 Å². The van der Waals surface area contributed by atoms with Crippen LogP contribution in [-0.4, -0.2) is 29.4 Å². The number of halogens is 1. The van der Waals surface area contributed by atoms with Gasteiger partial charge in [-0.1, -0.05) is 12.1 Å². The zero-order valence-corrected chi connectivity index (χ0v) is 12.6. The van der Waals surface area contributed by atoms with Crippen LogP contribution in [0.2, 0.25) is 0 Å². The first-order valence-electron chi connectivity index (χ1n) is 7.98. The molecule has 116 valence electrons. The second kappa shape index (κ2) is 5.39. The van der Waals surface area contributed by atoms with Gasteiger partial charge in [-0.3, -0.25) is 0 Å². The summed E-state index contributed by atoms with van der Waals surface area (Å²) in [5.74, 6) is 1.51. The molecule has 0 saturated heterocycles. The normalized spacial score (nSPS) is 22.0. The van der Waals surface area contributed by atoms with Crippen LogP contribution in [0, 0.1) is 11.7 Å². The van der Waals surface area contributed by atoms with Crippen molar-refractivity contribution in [3.8, 4) is 0 Å². The lowest BCUT2D eigenvalue weighted by molar-refractivity contribution is 0.384. The molecule has 1 aromatic carbocycles. The lowest BCUT2D eigenvalue weighted by atomic mass is 9.95. The summed E-state index contributed by atoms with van der Waals surface area (Å²) in [5.41, 5.74) is 1.49. The SMILES string of the molecule is Fc1ccc(C2(CNC[C@H]3CNc4ccnn4C3)CC2)cc1. The summed E-state index contributed by atoms with van der Waals surface area (Å²) in [6, 6.07) is 9.02. The van der Waals surface area contributed by atoms with Gasteiger partial charge in [0.2, 0.25) is 0 Å². The number of benzene rings is 1.